The molecule has 94 valence electrons. The van der Waals surface area contributed by atoms with Gasteiger partial charge in [0.15, 0.2) is 0 Å². The molecular formula is C13H25NO2. The van der Waals surface area contributed by atoms with Crippen LogP contribution in [0.5, 0.6) is 0 Å². The largest absolute Gasteiger partial charge is 0.381 e. The van der Waals surface area contributed by atoms with Gasteiger partial charge in [0.25, 0.3) is 0 Å². The lowest BCUT2D eigenvalue weighted by Gasteiger charge is -2.27. The Bertz CT molecular complexity index is 210. The van der Waals surface area contributed by atoms with Gasteiger partial charge in [-0.05, 0) is 31.6 Å². The summed E-state index contributed by atoms with van der Waals surface area (Å²) < 4.78 is 5.31. The molecule has 0 aliphatic carbocycles. The smallest absolute Gasteiger partial charge is 0.222 e. The van der Waals surface area contributed by atoms with Crippen LogP contribution in [0.1, 0.15) is 40.0 Å². The van der Waals surface area contributed by atoms with E-state index in [4.69, 9.17) is 4.74 Å². The van der Waals surface area contributed by atoms with Crippen LogP contribution in [0.2, 0.25) is 0 Å². The molecule has 0 N–H and O–H groups in total. The molecule has 0 spiro atoms. The monoisotopic (exact) mass is 227 g/mol. The number of nitrogens with zero attached hydrogens (tertiary/aromatic N) is 1. The molecule has 0 aromatic rings. The van der Waals surface area contributed by atoms with Crippen molar-refractivity contribution < 1.29 is 9.53 Å². The van der Waals surface area contributed by atoms with E-state index in [-0.39, 0.29) is 0 Å². The lowest BCUT2D eigenvalue weighted by molar-refractivity contribution is -0.133. The van der Waals surface area contributed by atoms with Crippen LogP contribution in [0, 0.1) is 11.8 Å². The van der Waals surface area contributed by atoms with Gasteiger partial charge in [-0.3, -0.25) is 4.79 Å². The molecule has 0 atom stereocenters. The highest BCUT2D eigenvalue weighted by Crippen LogP contribution is 2.19. The zero-order chi connectivity index (χ0) is 12.0. The first-order valence-corrected chi connectivity index (χ1v) is 6.49. The Hall–Kier alpha value is -0.570. The normalized spacial score (nSPS) is 17.8. The topological polar surface area (TPSA) is 29.5 Å². The van der Waals surface area contributed by atoms with E-state index in [1.165, 1.54) is 0 Å². The highest BCUT2D eigenvalue weighted by atomic mass is 16.5. The average molecular weight is 227 g/mol. The minimum Gasteiger partial charge on any atom is -0.381 e. The minimum absolute atomic E-state index is 0.322. The zero-order valence-corrected chi connectivity index (χ0v) is 10.9. The van der Waals surface area contributed by atoms with Gasteiger partial charge in [0, 0.05) is 32.7 Å². The summed E-state index contributed by atoms with van der Waals surface area (Å²) in [6.45, 7) is 9.75. The fourth-order valence-electron chi connectivity index (χ4n) is 2.17. The van der Waals surface area contributed by atoms with Gasteiger partial charge >= 0.3 is 0 Å². The molecule has 1 heterocycles. The highest BCUT2D eigenvalue weighted by molar-refractivity contribution is 5.76. The van der Waals surface area contributed by atoms with Gasteiger partial charge in [-0.1, -0.05) is 13.8 Å². The summed E-state index contributed by atoms with van der Waals surface area (Å²) in [5.74, 6) is 1.42. The predicted molar refractivity (Wildman–Crippen MR) is 65.3 cm³/mol. The van der Waals surface area contributed by atoms with Crippen molar-refractivity contribution in [3.05, 3.63) is 0 Å². The Labute approximate surface area is 99.1 Å². The van der Waals surface area contributed by atoms with Crippen molar-refractivity contribution in [1.29, 1.82) is 0 Å². The number of carbonyl (C=O) groups is 1. The van der Waals surface area contributed by atoms with Crippen LogP contribution in [0.25, 0.3) is 0 Å². The van der Waals surface area contributed by atoms with Gasteiger partial charge in [0.2, 0.25) is 5.91 Å². The summed E-state index contributed by atoms with van der Waals surface area (Å²) >= 11 is 0. The second-order valence-corrected chi connectivity index (χ2v) is 5.09. The number of ether oxygens (including phenoxy) is 1. The van der Waals surface area contributed by atoms with Gasteiger partial charge in [0.05, 0.1) is 0 Å². The van der Waals surface area contributed by atoms with Gasteiger partial charge in [-0.2, -0.15) is 0 Å². The van der Waals surface area contributed by atoms with Crippen LogP contribution < -0.4 is 0 Å². The van der Waals surface area contributed by atoms with Gasteiger partial charge in [-0.15, -0.1) is 0 Å². The number of hydrogen-bond donors (Lipinski definition) is 0. The van der Waals surface area contributed by atoms with E-state index in [1.54, 1.807) is 0 Å². The standard InChI is InChI=1S/C13H25NO2/c1-4-14(10-11(2)3)13(15)9-12-5-7-16-8-6-12/h11-12H,4-10H2,1-3H3. The van der Waals surface area contributed by atoms with Crippen molar-refractivity contribution in [3.8, 4) is 0 Å². The summed E-state index contributed by atoms with van der Waals surface area (Å²) in [7, 11) is 0. The fraction of sp³-hybridized carbons (Fsp3) is 0.923. The summed E-state index contributed by atoms with van der Waals surface area (Å²) in [6, 6.07) is 0. The van der Waals surface area contributed by atoms with Crippen molar-refractivity contribution in [2.45, 2.75) is 40.0 Å². The maximum atomic E-state index is 12.1. The molecule has 1 aliphatic rings. The SMILES string of the molecule is CCN(CC(C)C)C(=O)CC1CCOCC1. The Balaban J connectivity index is 2.35. The van der Waals surface area contributed by atoms with E-state index >= 15 is 0 Å². The van der Waals surface area contributed by atoms with E-state index in [0.717, 1.165) is 39.1 Å². The summed E-state index contributed by atoms with van der Waals surface area (Å²) in [6.07, 6.45) is 2.81. The van der Waals surface area contributed by atoms with E-state index in [1.807, 2.05) is 4.90 Å². The molecule has 1 aliphatic heterocycles. The molecule has 1 amide bonds. The Morgan fingerprint density at radius 2 is 2.00 bits per heavy atom. The molecule has 0 aromatic heterocycles. The molecule has 1 rings (SSSR count). The predicted octanol–water partition coefficient (Wildman–Crippen LogP) is 2.31. The van der Waals surface area contributed by atoms with Gasteiger partial charge < -0.3 is 9.64 Å². The summed E-state index contributed by atoms with van der Waals surface area (Å²) in [4.78, 5) is 14.0. The number of hydrogen-bond acceptors (Lipinski definition) is 2. The number of amides is 1. The lowest BCUT2D eigenvalue weighted by Crippen LogP contribution is -2.35. The maximum absolute atomic E-state index is 12.1. The Morgan fingerprint density at radius 1 is 1.38 bits per heavy atom. The molecule has 3 heteroatoms. The van der Waals surface area contributed by atoms with E-state index in [2.05, 4.69) is 20.8 Å². The quantitative estimate of drug-likeness (QED) is 0.721. The Morgan fingerprint density at radius 3 is 2.50 bits per heavy atom. The highest BCUT2D eigenvalue weighted by Gasteiger charge is 2.20. The van der Waals surface area contributed by atoms with Gasteiger partial charge in [0.1, 0.15) is 0 Å². The van der Waals surface area contributed by atoms with Crippen molar-refractivity contribution in [2.24, 2.45) is 11.8 Å². The fourth-order valence-corrected chi connectivity index (χ4v) is 2.17. The molecule has 0 radical (unpaired) electrons. The third-order valence-corrected chi connectivity index (χ3v) is 3.12. The molecule has 0 saturated carbocycles. The Kier molecular flexibility index (Phi) is 5.81. The van der Waals surface area contributed by atoms with Crippen molar-refractivity contribution in [2.75, 3.05) is 26.3 Å². The van der Waals surface area contributed by atoms with Crippen LogP contribution in [-0.4, -0.2) is 37.1 Å². The molecule has 0 aromatic carbocycles. The van der Waals surface area contributed by atoms with Crippen LogP contribution in [0.4, 0.5) is 0 Å². The van der Waals surface area contributed by atoms with E-state index in [0.29, 0.717) is 24.2 Å². The first-order valence-electron chi connectivity index (χ1n) is 6.49. The second kappa shape index (κ2) is 6.89. The van der Waals surface area contributed by atoms with E-state index in [9.17, 15) is 4.79 Å². The van der Waals surface area contributed by atoms with Crippen LogP contribution in [0.3, 0.4) is 0 Å². The molecule has 3 nitrogen and oxygen atoms in total. The third kappa shape index (κ3) is 4.52. The molecule has 0 bridgehead atoms. The third-order valence-electron chi connectivity index (χ3n) is 3.12. The summed E-state index contributed by atoms with van der Waals surface area (Å²) in [5.41, 5.74) is 0. The molecule has 16 heavy (non-hydrogen) atoms. The maximum Gasteiger partial charge on any atom is 0.222 e. The van der Waals surface area contributed by atoms with Crippen molar-refractivity contribution in [1.82, 2.24) is 4.90 Å². The zero-order valence-electron chi connectivity index (χ0n) is 10.9. The molecule has 1 fully saturated rings. The summed E-state index contributed by atoms with van der Waals surface area (Å²) in [5, 5.41) is 0. The first-order chi connectivity index (χ1) is 7.63. The van der Waals surface area contributed by atoms with Crippen molar-refractivity contribution >= 4 is 5.91 Å². The molecular weight excluding hydrogens is 202 g/mol. The number of carbonyl (C=O) groups excluding carboxylic acids is 1. The molecule has 0 unspecified atom stereocenters. The lowest BCUT2D eigenvalue weighted by atomic mass is 9.96. The van der Waals surface area contributed by atoms with Crippen LogP contribution >= 0.6 is 0 Å². The van der Waals surface area contributed by atoms with Gasteiger partial charge in [-0.25, -0.2) is 0 Å². The minimum atomic E-state index is 0.322. The molecule has 1 saturated heterocycles. The van der Waals surface area contributed by atoms with E-state index < -0.39 is 0 Å². The van der Waals surface area contributed by atoms with Crippen LogP contribution in [0.15, 0.2) is 0 Å². The first kappa shape index (κ1) is 13.5. The second-order valence-electron chi connectivity index (χ2n) is 5.09. The average Bonchev–Trinajstić information content (AvgIpc) is 2.26. The number of rotatable bonds is 5. The van der Waals surface area contributed by atoms with Crippen LogP contribution in [-0.2, 0) is 9.53 Å². The van der Waals surface area contributed by atoms with Crippen molar-refractivity contribution in [3.63, 3.8) is 0 Å².